The Balaban J connectivity index is 2.38. The molecule has 2 unspecified atom stereocenters. The van der Waals surface area contributed by atoms with Crippen molar-refractivity contribution in [3.8, 4) is 0 Å². The smallest absolute Gasteiger partial charge is 0.101 e. The number of aromatic nitrogens is 2. The summed E-state index contributed by atoms with van der Waals surface area (Å²) in [6.07, 6.45) is 4.71. The van der Waals surface area contributed by atoms with Gasteiger partial charge in [0, 0.05) is 22.0 Å². The summed E-state index contributed by atoms with van der Waals surface area (Å²) in [7, 11) is 0. The Bertz CT molecular complexity index is 451. The van der Waals surface area contributed by atoms with Crippen LogP contribution in [0.25, 0.3) is 0 Å². The molecule has 17 heavy (non-hydrogen) atoms. The van der Waals surface area contributed by atoms with Crippen molar-refractivity contribution in [1.82, 2.24) is 9.78 Å². The van der Waals surface area contributed by atoms with Crippen molar-refractivity contribution in [3.05, 3.63) is 38.8 Å². The van der Waals surface area contributed by atoms with Gasteiger partial charge in [-0.05, 0) is 41.4 Å². The number of halogens is 1. The average Bonchev–Trinajstić information content (AvgIpc) is 2.89. The predicted octanol–water partition coefficient (Wildman–Crippen LogP) is 3.34. The van der Waals surface area contributed by atoms with Gasteiger partial charge in [0.2, 0.25) is 0 Å². The third-order valence-corrected chi connectivity index (χ3v) is 4.27. The van der Waals surface area contributed by atoms with E-state index in [0.717, 1.165) is 10.9 Å². The topological polar surface area (TPSA) is 43.8 Å². The van der Waals surface area contributed by atoms with E-state index >= 15 is 0 Å². The first-order valence-electron chi connectivity index (χ1n) is 5.63. The second-order valence-corrected chi connectivity index (χ2v) is 6.34. The molecular formula is C12H16BrN3S. The number of nitrogens with zero attached hydrogens (tertiary/aromatic N) is 2. The molecule has 92 valence electrons. The molecule has 0 radical (unpaired) electrons. The molecule has 2 aromatic heterocycles. The number of rotatable bonds is 4. The minimum Gasteiger partial charge on any atom is -0.326 e. The Hall–Kier alpha value is -0.650. The quantitative estimate of drug-likeness (QED) is 0.940. The zero-order chi connectivity index (χ0) is 12.4. The number of nitrogens with two attached hydrogens (primary N) is 1. The zero-order valence-corrected chi connectivity index (χ0v) is 12.3. The van der Waals surface area contributed by atoms with Crippen LogP contribution >= 0.6 is 27.3 Å². The molecule has 3 nitrogen and oxygen atoms in total. The van der Waals surface area contributed by atoms with Crippen molar-refractivity contribution in [2.45, 2.75) is 32.4 Å². The average molecular weight is 314 g/mol. The molecule has 0 aliphatic rings. The minimum atomic E-state index is 0.0832. The van der Waals surface area contributed by atoms with Gasteiger partial charge in [0.05, 0.1) is 10.7 Å². The lowest BCUT2D eigenvalue weighted by atomic mass is 10.1. The fourth-order valence-corrected chi connectivity index (χ4v) is 3.19. The van der Waals surface area contributed by atoms with E-state index in [0.29, 0.717) is 0 Å². The Morgan fingerprint density at radius 1 is 1.53 bits per heavy atom. The molecule has 2 atom stereocenters. The highest BCUT2D eigenvalue weighted by molar-refractivity contribution is 9.10. The molecule has 2 heterocycles. The maximum Gasteiger partial charge on any atom is 0.101 e. The SMILES string of the molecule is CCC(N)C(c1ccc(C)s1)n1cc(Br)cn1. The summed E-state index contributed by atoms with van der Waals surface area (Å²) in [5.74, 6) is 0. The maximum absolute atomic E-state index is 6.23. The molecule has 0 aromatic carbocycles. The highest BCUT2D eigenvalue weighted by Gasteiger charge is 2.22. The van der Waals surface area contributed by atoms with Crippen molar-refractivity contribution in [3.63, 3.8) is 0 Å². The van der Waals surface area contributed by atoms with Gasteiger partial charge in [-0.25, -0.2) is 0 Å². The number of aryl methyl sites for hydroxylation is 1. The number of hydrogen-bond acceptors (Lipinski definition) is 3. The summed E-state index contributed by atoms with van der Waals surface area (Å²) in [4.78, 5) is 2.58. The number of thiophene rings is 1. The summed E-state index contributed by atoms with van der Waals surface area (Å²) in [6.45, 7) is 4.22. The molecule has 0 amide bonds. The van der Waals surface area contributed by atoms with Crippen LogP contribution in [0, 0.1) is 6.92 Å². The lowest BCUT2D eigenvalue weighted by molar-refractivity contribution is 0.429. The van der Waals surface area contributed by atoms with Crippen LogP contribution in [0.2, 0.25) is 0 Å². The summed E-state index contributed by atoms with van der Waals surface area (Å²) in [5.41, 5.74) is 6.23. The third-order valence-electron chi connectivity index (χ3n) is 2.78. The van der Waals surface area contributed by atoms with Gasteiger partial charge in [-0.15, -0.1) is 11.3 Å². The van der Waals surface area contributed by atoms with Crippen LogP contribution in [-0.4, -0.2) is 15.8 Å². The minimum absolute atomic E-state index is 0.0832. The Morgan fingerprint density at radius 3 is 2.76 bits per heavy atom. The summed E-state index contributed by atoms with van der Waals surface area (Å²) in [5, 5.41) is 4.37. The first kappa shape index (κ1) is 12.8. The largest absolute Gasteiger partial charge is 0.326 e. The summed E-state index contributed by atoms with van der Waals surface area (Å²) >= 11 is 5.22. The Kier molecular flexibility index (Phi) is 4.01. The van der Waals surface area contributed by atoms with Crippen LogP contribution in [-0.2, 0) is 0 Å². The van der Waals surface area contributed by atoms with E-state index in [1.807, 2.05) is 10.9 Å². The fraction of sp³-hybridized carbons (Fsp3) is 0.417. The molecule has 0 saturated heterocycles. The van der Waals surface area contributed by atoms with E-state index in [2.05, 4.69) is 47.0 Å². The second-order valence-electron chi connectivity index (χ2n) is 4.10. The van der Waals surface area contributed by atoms with Crippen molar-refractivity contribution >= 4 is 27.3 Å². The first-order chi connectivity index (χ1) is 8.11. The monoisotopic (exact) mass is 313 g/mol. The standard InChI is InChI=1S/C12H16BrN3S/c1-3-10(14)12(11-5-4-8(2)17-11)16-7-9(13)6-15-16/h4-7,10,12H,3,14H2,1-2H3. The molecule has 2 rings (SSSR count). The van der Waals surface area contributed by atoms with Gasteiger partial charge in [-0.3, -0.25) is 4.68 Å². The van der Waals surface area contributed by atoms with Crippen molar-refractivity contribution in [1.29, 1.82) is 0 Å². The summed E-state index contributed by atoms with van der Waals surface area (Å²) in [6, 6.07) is 4.49. The highest BCUT2D eigenvalue weighted by atomic mass is 79.9. The molecule has 0 aliphatic carbocycles. The predicted molar refractivity (Wildman–Crippen MR) is 75.4 cm³/mol. The van der Waals surface area contributed by atoms with Gasteiger partial charge in [-0.1, -0.05) is 6.92 Å². The van der Waals surface area contributed by atoms with Crippen LogP contribution in [0.3, 0.4) is 0 Å². The second kappa shape index (κ2) is 5.33. The highest BCUT2D eigenvalue weighted by Crippen LogP contribution is 2.29. The van der Waals surface area contributed by atoms with Crippen LogP contribution in [0.15, 0.2) is 29.0 Å². The van der Waals surface area contributed by atoms with Crippen molar-refractivity contribution < 1.29 is 0 Å². The van der Waals surface area contributed by atoms with E-state index in [4.69, 9.17) is 5.73 Å². The van der Waals surface area contributed by atoms with E-state index in [1.54, 1.807) is 17.5 Å². The third kappa shape index (κ3) is 2.78. The fourth-order valence-electron chi connectivity index (χ4n) is 1.84. The Labute approximate surface area is 114 Å². The lowest BCUT2D eigenvalue weighted by Gasteiger charge is -2.22. The molecule has 2 aromatic rings. The molecule has 5 heteroatoms. The van der Waals surface area contributed by atoms with Crippen molar-refractivity contribution in [2.24, 2.45) is 5.73 Å². The molecule has 0 bridgehead atoms. The van der Waals surface area contributed by atoms with E-state index < -0.39 is 0 Å². The molecular weight excluding hydrogens is 298 g/mol. The van der Waals surface area contributed by atoms with Crippen molar-refractivity contribution in [2.75, 3.05) is 0 Å². The zero-order valence-electron chi connectivity index (χ0n) is 9.93. The van der Waals surface area contributed by atoms with Crippen LogP contribution in [0.4, 0.5) is 0 Å². The molecule has 0 aliphatic heterocycles. The van der Waals surface area contributed by atoms with Gasteiger partial charge in [-0.2, -0.15) is 5.10 Å². The van der Waals surface area contributed by atoms with Gasteiger partial charge >= 0.3 is 0 Å². The Morgan fingerprint density at radius 2 is 2.29 bits per heavy atom. The summed E-state index contributed by atoms with van der Waals surface area (Å²) < 4.78 is 2.93. The van der Waals surface area contributed by atoms with Crippen LogP contribution < -0.4 is 5.73 Å². The first-order valence-corrected chi connectivity index (χ1v) is 7.24. The van der Waals surface area contributed by atoms with Gasteiger partial charge in [0.25, 0.3) is 0 Å². The lowest BCUT2D eigenvalue weighted by Crippen LogP contribution is -2.32. The number of hydrogen-bond donors (Lipinski definition) is 1. The van der Waals surface area contributed by atoms with Crippen LogP contribution in [0.5, 0.6) is 0 Å². The molecule has 0 saturated carbocycles. The van der Waals surface area contributed by atoms with Crippen LogP contribution in [0.1, 0.15) is 29.1 Å². The van der Waals surface area contributed by atoms with E-state index in [9.17, 15) is 0 Å². The van der Waals surface area contributed by atoms with Gasteiger partial charge in [0.15, 0.2) is 0 Å². The molecule has 0 fully saturated rings. The molecule has 0 spiro atoms. The normalized spacial score (nSPS) is 14.8. The van der Waals surface area contributed by atoms with Gasteiger partial charge < -0.3 is 5.73 Å². The van der Waals surface area contributed by atoms with Gasteiger partial charge in [0.1, 0.15) is 6.04 Å². The molecule has 2 N–H and O–H groups in total. The maximum atomic E-state index is 6.23. The van der Waals surface area contributed by atoms with E-state index in [1.165, 1.54) is 9.75 Å². The van der Waals surface area contributed by atoms with E-state index in [-0.39, 0.29) is 12.1 Å².